The van der Waals surface area contributed by atoms with Crippen molar-refractivity contribution < 1.29 is 39.8 Å². The predicted molar refractivity (Wildman–Crippen MR) is 262 cm³/mol. The molecule has 6 N–H and O–H groups in total. The molecule has 1 fully saturated rings. The molecule has 7 unspecified atom stereocenters. The third-order valence-corrected chi connectivity index (χ3v) is 11.2. The first-order valence-corrected chi connectivity index (χ1v) is 24.9. The smallest absolute Gasteiger partial charge is 0.220 e. The van der Waals surface area contributed by atoms with Crippen molar-refractivity contribution in [2.24, 2.45) is 0 Å². The number of amides is 1. The minimum atomic E-state index is -1.56. The van der Waals surface area contributed by atoms with E-state index in [-0.39, 0.29) is 12.5 Å². The monoisotopic (exact) mass is 882 g/mol. The van der Waals surface area contributed by atoms with Crippen molar-refractivity contribution in [3.8, 4) is 0 Å². The van der Waals surface area contributed by atoms with E-state index in [9.17, 15) is 30.3 Å². The van der Waals surface area contributed by atoms with E-state index in [2.05, 4.69) is 116 Å². The van der Waals surface area contributed by atoms with Gasteiger partial charge in [-0.05, 0) is 77.0 Å². The normalized spacial score (nSPS) is 21.0. The van der Waals surface area contributed by atoms with Gasteiger partial charge < -0.3 is 40.3 Å². The molecule has 1 heterocycles. The Morgan fingerprint density at radius 2 is 0.984 bits per heavy atom. The summed E-state index contributed by atoms with van der Waals surface area (Å²) < 4.78 is 11.2. The van der Waals surface area contributed by atoms with Gasteiger partial charge in [0.15, 0.2) is 6.29 Å². The maximum Gasteiger partial charge on any atom is 0.220 e. The van der Waals surface area contributed by atoms with Gasteiger partial charge in [0.25, 0.3) is 0 Å². The van der Waals surface area contributed by atoms with Crippen molar-refractivity contribution in [1.82, 2.24) is 5.32 Å². The molecule has 7 atom stereocenters. The third kappa shape index (κ3) is 33.3. The van der Waals surface area contributed by atoms with Crippen LogP contribution < -0.4 is 5.32 Å². The summed E-state index contributed by atoms with van der Waals surface area (Å²) >= 11 is 0. The van der Waals surface area contributed by atoms with E-state index in [1.807, 2.05) is 0 Å². The van der Waals surface area contributed by atoms with Crippen LogP contribution >= 0.6 is 0 Å². The SMILES string of the molecule is CC/C=C\C/C=C\C/C=C\C/C=C\C/C=C\C/C=C\C/C=C\C/C=C\CCCCCCCCCCCCC(=O)NC(COC1OC(CO)C(O)C(O)C1O)C(O)CCCCCCC. The minimum absolute atomic E-state index is 0.147. The second kappa shape index (κ2) is 43.0. The van der Waals surface area contributed by atoms with E-state index in [0.717, 1.165) is 109 Å². The van der Waals surface area contributed by atoms with Gasteiger partial charge in [-0.1, -0.05) is 195 Å². The Kier molecular flexibility index (Phi) is 39.7. The number of aliphatic hydroxyl groups is 5. The highest BCUT2D eigenvalue weighted by Gasteiger charge is 2.44. The van der Waals surface area contributed by atoms with Crippen LogP contribution in [0.3, 0.4) is 0 Å². The molecular formula is C54H91NO8. The summed E-state index contributed by atoms with van der Waals surface area (Å²) in [6, 6.07) is -0.723. The molecule has 1 amide bonds. The lowest BCUT2D eigenvalue weighted by Crippen LogP contribution is -2.60. The molecule has 63 heavy (non-hydrogen) atoms. The summed E-state index contributed by atoms with van der Waals surface area (Å²) in [4.78, 5) is 12.9. The number of allylic oxidation sites excluding steroid dienone is 16. The zero-order valence-electron chi connectivity index (χ0n) is 39.5. The molecule has 9 nitrogen and oxygen atoms in total. The van der Waals surface area contributed by atoms with E-state index >= 15 is 0 Å². The number of hydrogen-bond acceptors (Lipinski definition) is 8. The molecule has 0 aromatic heterocycles. The number of carbonyl (C=O) groups excluding carboxylic acids is 1. The number of carbonyl (C=O) groups is 1. The fourth-order valence-corrected chi connectivity index (χ4v) is 7.23. The minimum Gasteiger partial charge on any atom is -0.394 e. The van der Waals surface area contributed by atoms with Gasteiger partial charge in [0.05, 0.1) is 25.4 Å². The summed E-state index contributed by atoms with van der Waals surface area (Å²) in [5.74, 6) is -0.161. The Hall–Kier alpha value is -2.89. The maximum atomic E-state index is 12.9. The number of aliphatic hydroxyl groups excluding tert-OH is 5. The first-order chi connectivity index (χ1) is 30.8. The van der Waals surface area contributed by atoms with Gasteiger partial charge >= 0.3 is 0 Å². The predicted octanol–water partition coefficient (Wildman–Crippen LogP) is 11.3. The molecule has 9 heteroatoms. The summed E-state index contributed by atoms with van der Waals surface area (Å²) in [6.45, 7) is 3.60. The van der Waals surface area contributed by atoms with Crippen LogP contribution in [0.2, 0.25) is 0 Å². The fourth-order valence-electron chi connectivity index (χ4n) is 7.23. The van der Waals surface area contributed by atoms with Crippen LogP contribution in [0.1, 0.15) is 181 Å². The fraction of sp³-hybridized carbons (Fsp3) is 0.685. The molecule has 0 bridgehead atoms. The van der Waals surface area contributed by atoms with Crippen LogP contribution in [0.4, 0.5) is 0 Å². The number of nitrogens with one attached hydrogen (secondary N) is 1. The molecule has 1 saturated heterocycles. The molecule has 1 rings (SSSR count). The van der Waals surface area contributed by atoms with Gasteiger partial charge in [0.2, 0.25) is 5.91 Å². The molecule has 1 aliphatic heterocycles. The lowest BCUT2D eigenvalue weighted by atomic mass is 9.99. The number of ether oxygens (including phenoxy) is 2. The van der Waals surface area contributed by atoms with Gasteiger partial charge in [-0.25, -0.2) is 0 Å². The van der Waals surface area contributed by atoms with Crippen LogP contribution in [-0.2, 0) is 14.3 Å². The standard InChI is InChI=1S/C54H91NO8/c1-3-5-7-9-10-11-12-13-14-15-16-17-18-19-20-21-22-23-24-25-26-27-28-29-30-31-32-33-34-35-36-37-38-40-42-44-50(58)55-47(48(57)43-41-39-8-6-4-2)46-62-54-53(61)52(60)51(59)49(45-56)63-54/h5,7,10-11,13-14,16-17,19-20,22-23,25-26,28-29,47-49,51-54,56-57,59-61H,3-4,6,8-9,12,15,18,21,24,27,30-46H2,1-2H3,(H,55,58)/b7-5-,11-10-,14-13-,17-16-,20-19-,23-22-,26-25-,29-28-. The van der Waals surface area contributed by atoms with Gasteiger partial charge in [0, 0.05) is 6.42 Å². The van der Waals surface area contributed by atoms with Crippen molar-refractivity contribution in [1.29, 1.82) is 0 Å². The molecule has 1 aliphatic rings. The first kappa shape index (κ1) is 58.1. The average molecular weight is 882 g/mol. The molecule has 0 saturated carbocycles. The quantitative estimate of drug-likeness (QED) is 0.0263. The Morgan fingerprint density at radius 3 is 1.46 bits per heavy atom. The highest BCUT2D eigenvalue weighted by Crippen LogP contribution is 2.23. The lowest BCUT2D eigenvalue weighted by molar-refractivity contribution is -0.302. The maximum absolute atomic E-state index is 12.9. The van der Waals surface area contributed by atoms with Gasteiger partial charge in [0.1, 0.15) is 24.4 Å². The zero-order valence-corrected chi connectivity index (χ0v) is 39.5. The van der Waals surface area contributed by atoms with Crippen LogP contribution in [0.15, 0.2) is 97.2 Å². The van der Waals surface area contributed by atoms with Crippen molar-refractivity contribution >= 4 is 5.91 Å². The highest BCUT2D eigenvalue weighted by atomic mass is 16.7. The summed E-state index contributed by atoms with van der Waals surface area (Å²) in [7, 11) is 0. The molecule has 0 radical (unpaired) electrons. The second-order valence-corrected chi connectivity index (χ2v) is 16.9. The average Bonchev–Trinajstić information content (AvgIpc) is 3.28. The lowest BCUT2D eigenvalue weighted by Gasteiger charge is -2.40. The number of rotatable bonds is 40. The van der Waals surface area contributed by atoms with E-state index in [1.54, 1.807) is 0 Å². The highest BCUT2D eigenvalue weighted by molar-refractivity contribution is 5.76. The van der Waals surface area contributed by atoms with E-state index in [4.69, 9.17) is 9.47 Å². The molecule has 0 spiro atoms. The second-order valence-electron chi connectivity index (χ2n) is 16.9. The molecule has 360 valence electrons. The van der Waals surface area contributed by atoms with Crippen LogP contribution in [0.25, 0.3) is 0 Å². The Labute approximate surface area is 383 Å². The van der Waals surface area contributed by atoms with E-state index in [0.29, 0.717) is 12.8 Å². The van der Waals surface area contributed by atoms with Crippen LogP contribution in [-0.4, -0.2) is 87.5 Å². The van der Waals surface area contributed by atoms with Crippen molar-refractivity contribution in [2.75, 3.05) is 13.2 Å². The van der Waals surface area contributed by atoms with Crippen LogP contribution in [0, 0.1) is 0 Å². The first-order valence-electron chi connectivity index (χ1n) is 24.9. The molecular weight excluding hydrogens is 791 g/mol. The Morgan fingerprint density at radius 1 is 0.556 bits per heavy atom. The Bertz CT molecular complexity index is 1300. The Balaban J connectivity index is 2.08. The van der Waals surface area contributed by atoms with Gasteiger partial charge in [-0.3, -0.25) is 4.79 Å². The summed E-state index contributed by atoms with van der Waals surface area (Å²) in [5, 5.41) is 53.9. The summed E-state index contributed by atoms with van der Waals surface area (Å²) in [5.41, 5.74) is 0. The zero-order chi connectivity index (χ0) is 45.9. The molecule has 0 aromatic carbocycles. The number of unbranched alkanes of at least 4 members (excludes halogenated alkanes) is 14. The van der Waals surface area contributed by atoms with Gasteiger partial charge in [-0.15, -0.1) is 0 Å². The van der Waals surface area contributed by atoms with Crippen LogP contribution in [0.5, 0.6) is 0 Å². The van der Waals surface area contributed by atoms with Crippen molar-refractivity contribution in [2.45, 2.75) is 224 Å². The number of hydrogen-bond donors (Lipinski definition) is 6. The largest absolute Gasteiger partial charge is 0.394 e. The topological polar surface area (TPSA) is 149 Å². The van der Waals surface area contributed by atoms with Crippen molar-refractivity contribution in [3.05, 3.63) is 97.2 Å². The molecule has 0 aliphatic carbocycles. The third-order valence-electron chi connectivity index (χ3n) is 11.2. The van der Waals surface area contributed by atoms with E-state index in [1.165, 1.54) is 44.9 Å². The summed E-state index contributed by atoms with van der Waals surface area (Å²) in [6.07, 6.45) is 54.8. The van der Waals surface area contributed by atoms with Gasteiger partial charge in [-0.2, -0.15) is 0 Å². The van der Waals surface area contributed by atoms with E-state index < -0.39 is 49.5 Å². The van der Waals surface area contributed by atoms with Crippen molar-refractivity contribution in [3.63, 3.8) is 0 Å². The molecule has 0 aromatic rings.